The van der Waals surface area contributed by atoms with Crippen molar-refractivity contribution < 1.29 is 24.2 Å². The average Bonchev–Trinajstić information content (AvgIpc) is 2.97. The molecule has 1 aromatic heterocycles. The summed E-state index contributed by atoms with van der Waals surface area (Å²) in [5, 5.41) is 14.0. The largest absolute Gasteiger partial charge is 0.507 e. The summed E-state index contributed by atoms with van der Waals surface area (Å²) in [4.78, 5) is 54.8. The molecule has 1 spiro atoms. The molecule has 0 radical (unpaired) electrons. The number of halogens is 1. The van der Waals surface area contributed by atoms with Gasteiger partial charge in [-0.2, -0.15) is 0 Å². The van der Waals surface area contributed by atoms with Gasteiger partial charge < -0.3 is 20.5 Å². The molecule has 0 saturated carbocycles. The van der Waals surface area contributed by atoms with Gasteiger partial charge in [0.2, 0.25) is 5.91 Å². The highest BCUT2D eigenvalue weighted by molar-refractivity contribution is 6.30. The number of para-hydroxylation sites is 1. The number of carbonyl (C=O) groups excluding carboxylic acids is 3. The summed E-state index contributed by atoms with van der Waals surface area (Å²) in [6, 6.07) is 18.7. The number of piperidine rings is 1. The number of ether oxygens (including phenoxy) is 1. The number of aromatic nitrogens is 1. The summed E-state index contributed by atoms with van der Waals surface area (Å²) >= 11 is 6.32. The maximum atomic E-state index is 14.6. The monoisotopic (exact) mass is 586 g/mol. The van der Waals surface area contributed by atoms with E-state index in [-0.39, 0.29) is 35.2 Å². The van der Waals surface area contributed by atoms with Crippen molar-refractivity contribution in [3.05, 3.63) is 105 Å². The molecule has 11 heteroatoms. The molecule has 0 unspecified atom stereocenters. The maximum Gasteiger partial charge on any atom is 0.412 e. The summed E-state index contributed by atoms with van der Waals surface area (Å²) in [7, 11) is 0. The predicted octanol–water partition coefficient (Wildman–Crippen LogP) is 4.32. The number of aromatic hydroxyl groups is 1. The minimum atomic E-state index is -1.14. The zero-order valence-electron chi connectivity index (χ0n) is 22.4. The topological polar surface area (TPSA) is 144 Å². The van der Waals surface area contributed by atoms with Crippen molar-refractivity contribution in [1.82, 2.24) is 9.47 Å². The van der Waals surface area contributed by atoms with Gasteiger partial charge >= 0.3 is 6.09 Å². The van der Waals surface area contributed by atoms with Crippen LogP contribution in [0.25, 0.3) is 10.9 Å². The number of nitrogens with two attached hydrogens (primary N) is 1. The highest BCUT2D eigenvalue weighted by atomic mass is 35.5. The molecule has 4 N–H and O–H groups in total. The molecule has 1 saturated heterocycles. The van der Waals surface area contributed by atoms with Crippen molar-refractivity contribution in [2.45, 2.75) is 30.9 Å². The highest BCUT2D eigenvalue weighted by Crippen LogP contribution is 2.44. The molecular formula is C31H27ClN4O6. The maximum absolute atomic E-state index is 14.6. The van der Waals surface area contributed by atoms with Gasteiger partial charge in [-0.15, -0.1) is 0 Å². The first kappa shape index (κ1) is 27.3. The molecule has 42 heavy (non-hydrogen) atoms. The zero-order chi connectivity index (χ0) is 29.6. The molecule has 0 bridgehead atoms. The first-order valence-electron chi connectivity index (χ1n) is 13.5. The van der Waals surface area contributed by atoms with Crippen LogP contribution in [-0.2, 0) is 21.6 Å². The van der Waals surface area contributed by atoms with E-state index in [1.54, 1.807) is 35.2 Å². The Morgan fingerprint density at radius 1 is 1.07 bits per heavy atom. The zero-order valence-corrected chi connectivity index (χ0v) is 23.1. The summed E-state index contributed by atoms with van der Waals surface area (Å²) in [5.74, 6) is -1.55. The number of carbonyl (C=O) groups is 3. The van der Waals surface area contributed by atoms with E-state index in [4.69, 9.17) is 22.1 Å². The van der Waals surface area contributed by atoms with Gasteiger partial charge in [-0.25, -0.2) is 4.79 Å². The highest BCUT2D eigenvalue weighted by Gasteiger charge is 2.47. The fourth-order valence-electron chi connectivity index (χ4n) is 6.11. The predicted molar refractivity (Wildman–Crippen MR) is 157 cm³/mol. The lowest BCUT2D eigenvalue weighted by molar-refractivity contribution is -0.142. The van der Waals surface area contributed by atoms with E-state index in [9.17, 15) is 24.3 Å². The van der Waals surface area contributed by atoms with Crippen LogP contribution < -0.4 is 16.6 Å². The van der Waals surface area contributed by atoms with E-state index in [1.165, 1.54) is 10.6 Å². The molecule has 3 heterocycles. The third-order valence-corrected chi connectivity index (χ3v) is 8.18. The number of likely N-dealkylation sites (tertiary alicyclic amines) is 1. The Morgan fingerprint density at radius 3 is 2.62 bits per heavy atom. The molecule has 3 aromatic carbocycles. The number of primary amides is 1. The second kappa shape index (κ2) is 10.5. The van der Waals surface area contributed by atoms with E-state index in [1.807, 2.05) is 30.3 Å². The van der Waals surface area contributed by atoms with Crippen LogP contribution in [0.5, 0.6) is 5.75 Å². The fraction of sp³-hybridized carbons (Fsp3) is 0.226. The molecule has 4 aromatic rings. The summed E-state index contributed by atoms with van der Waals surface area (Å²) in [6.45, 7) is 0.380. The molecule has 214 valence electrons. The van der Waals surface area contributed by atoms with Gasteiger partial charge in [-0.05, 0) is 48.7 Å². The summed E-state index contributed by atoms with van der Waals surface area (Å²) < 4.78 is 7.12. The fourth-order valence-corrected chi connectivity index (χ4v) is 6.29. The summed E-state index contributed by atoms with van der Waals surface area (Å²) in [5.41, 5.74) is 5.94. The van der Waals surface area contributed by atoms with Crippen molar-refractivity contribution in [1.29, 1.82) is 0 Å². The molecule has 2 aliphatic rings. The Bertz CT molecular complexity index is 1810. The van der Waals surface area contributed by atoms with Crippen LogP contribution in [0.2, 0.25) is 5.02 Å². The van der Waals surface area contributed by atoms with Gasteiger partial charge in [0.25, 0.3) is 11.5 Å². The number of rotatable bonds is 5. The molecule has 3 amide bonds. The van der Waals surface area contributed by atoms with E-state index in [0.717, 1.165) is 11.6 Å². The van der Waals surface area contributed by atoms with Gasteiger partial charge in [0.15, 0.2) is 5.60 Å². The van der Waals surface area contributed by atoms with Crippen LogP contribution in [0.1, 0.15) is 40.4 Å². The van der Waals surface area contributed by atoms with Crippen LogP contribution in [0, 0.1) is 0 Å². The number of amides is 3. The Labute approximate surface area is 245 Å². The quantitative estimate of drug-likeness (QED) is 0.318. The smallest absolute Gasteiger partial charge is 0.412 e. The molecule has 1 fully saturated rings. The molecule has 2 atom stereocenters. The van der Waals surface area contributed by atoms with E-state index >= 15 is 0 Å². The van der Waals surface area contributed by atoms with Crippen molar-refractivity contribution in [2.24, 2.45) is 5.73 Å². The van der Waals surface area contributed by atoms with Gasteiger partial charge in [-0.3, -0.25) is 24.3 Å². The molecule has 10 nitrogen and oxygen atoms in total. The minimum Gasteiger partial charge on any atom is -0.507 e. The van der Waals surface area contributed by atoms with E-state index < -0.39 is 35.1 Å². The van der Waals surface area contributed by atoms with E-state index in [2.05, 4.69) is 5.32 Å². The number of hydrogen-bond acceptors (Lipinski definition) is 6. The van der Waals surface area contributed by atoms with E-state index in [0.29, 0.717) is 35.7 Å². The second-order valence-electron chi connectivity index (χ2n) is 10.6. The summed E-state index contributed by atoms with van der Waals surface area (Å²) in [6.07, 6.45) is 0.460. The van der Waals surface area contributed by atoms with Crippen LogP contribution in [0.4, 0.5) is 10.5 Å². The molecule has 6 rings (SSSR count). The number of nitrogens with zero attached hydrogens (tertiary/aromatic N) is 2. The number of hydrogen-bond donors (Lipinski definition) is 3. The van der Waals surface area contributed by atoms with Crippen LogP contribution >= 0.6 is 11.6 Å². The molecular weight excluding hydrogens is 560 g/mol. The van der Waals surface area contributed by atoms with Gasteiger partial charge in [-0.1, -0.05) is 48.0 Å². The van der Waals surface area contributed by atoms with Crippen molar-refractivity contribution in [3.8, 4) is 5.75 Å². The first-order valence-corrected chi connectivity index (χ1v) is 13.8. The normalized spacial score (nSPS) is 18.7. The first-order chi connectivity index (χ1) is 20.2. The third kappa shape index (κ3) is 4.73. The van der Waals surface area contributed by atoms with Crippen LogP contribution in [0.3, 0.4) is 0 Å². The minimum absolute atomic E-state index is 0.00247. The number of nitrogens with one attached hydrogen (secondary N) is 1. The molecule has 0 aliphatic carbocycles. The molecule has 2 aliphatic heterocycles. The number of anilines is 1. The van der Waals surface area contributed by atoms with Crippen molar-refractivity contribution in [2.75, 3.05) is 18.4 Å². The number of pyridine rings is 1. The van der Waals surface area contributed by atoms with Crippen molar-refractivity contribution >= 4 is 46.1 Å². The lowest BCUT2D eigenvalue weighted by atomic mass is 9.83. The lowest BCUT2D eigenvalue weighted by Gasteiger charge is -2.45. The van der Waals surface area contributed by atoms with Crippen molar-refractivity contribution in [3.63, 3.8) is 0 Å². The van der Waals surface area contributed by atoms with Gasteiger partial charge in [0, 0.05) is 35.0 Å². The van der Waals surface area contributed by atoms with Crippen LogP contribution in [-0.4, -0.2) is 45.6 Å². The number of fused-ring (bicyclic) bond motifs is 3. The number of benzene rings is 3. The lowest BCUT2D eigenvalue weighted by Crippen LogP contribution is -2.55. The van der Waals surface area contributed by atoms with Crippen LogP contribution in [0.15, 0.2) is 77.6 Å². The second-order valence-corrected chi connectivity index (χ2v) is 11.0. The SMILES string of the molecule is NC(=O)c1cccc2c(O)cc(=O)n([C@@H](Cc3ccccc3)C(=O)N3CCC[C@@]4(C3)OC(=O)Nc3ccc(Cl)cc34)c12. The van der Waals surface area contributed by atoms with Gasteiger partial charge in [0.1, 0.15) is 11.8 Å². The Kier molecular flexibility index (Phi) is 6.86. The Morgan fingerprint density at radius 2 is 1.86 bits per heavy atom. The van der Waals surface area contributed by atoms with Gasteiger partial charge in [0.05, 0.1) is 23.3 Å². The third-order valence-electron chi connectivity index (χ3n) is 7.95. The standard InChI is InChI=1S/C31H27ClN4O6/c32-19-10-11-23-22(15-19)31(42-30(41)34-23)12-5-13-35(17-31)29(40)24(14-18-6-2-1-3-7-18)36-26(38)16-25(37)20-8-4-9-21(27(20)36)28(33)39/h1-4,6-11,15-16,24,37H,5,12-14,17H2,(H2,33,39)(H,34,41)/t24-,31-/m0/s1. The average molecular weight is 587 g/mol. The Hall–Kier alpha value is -4.83. The Balaban J connectivity index is 1.49.